The van der Waals surface area contributed by atoms with Crippen LogP contribution in [0.4, 0.5) is 0 Å². The van der Waals surface area contributed by atoms with Crippen molar-refractivity contribution in [1.82, 2.24) is 3.97 Å². The highest BCUT2D eigenvalue weighted by Gasteiger charge is 2.41. The zero-order valence-electron chi connectivity index (χ0n) is 12.1. The normalized spacial score (nSPS) is 36.1. The summed E-state index contributed by atoms with van der Waals surface area (Å²) < 4.78 is 23.7. The molecule has 0 radical (unpaired) electrons. The minimum atomic E-state index is -2.63. The zero-order chi connectivity index (χ0) is 15.6. The molecule has 1 aromatic rings. The predicted molar refractivity (Wildman–Crippen MR) is 78.2 cm³/mol. The Morgan fingerprint density at radius 2 is 1.81 bits per heavy atom. The second kappa shape index (κ2) is 6.45. The SMILES string of the molecule is CN=S(=O)(CC[C@H]1OC(C)[C@@H](O)[C@@H](O)[C@@H]1O)n1cccc1. The Kier molecular flexibility index (Phi) is 5.05. The van der Waals surface area contributed by atoms with Gasteiger partial charge in [-0.3, -0.25) is 3.97 Å². The molecular weight excluding hydrogens is 296 g/mol. The summed E-state index contributed by atoms with van der Waals surface area (Å²) in [5.74, 6) is 0.190. The maximum absolute atomic E-state index is 12.7. The minimum absolute atomic E-state index is 0.190. The van der Waals surface area contributed by atoms with Gasteiger partial charge in [-0.25, -0.2) is 8.57 Å². The van der Waals surface area contributed by atoms with Gasteiger partial charge in [-0.1, -0.05) is 0 Å². The van der Waals surface area contributed by atoms with Crippen molar-refractivity contribution < 1.29 is 24.3 Å². The third kappa shape index (κ3) is 3.29. The van der Waals surface area contributed by atoms with E-state index in [-0.39, 0.29) is 12.2 Å². The van der Waals surface area contributed by atoms with Crippen LogP contribution >= 0.6 is 0 Å². The Balaban J connectivity index is 2.07. The lowest BCUT2D eigenvalue weighted by molar-refractivity contribution is -0.217. The molecule has 3 N–H and O–H groups in total. The molecular formula is C13H22N2O5S. The molecule has 6 atom stereocenters. The first-order valence-corrected chi connectivity index (χ1v) is 8.49. The molecule has 7 nitrogen and oxygen atoms in total. The molecule has 0 amide bonds. The van der Waals surface area contributed by atoms with E-state index in [1.54, 1.807) is 31.5 Å². The molecule has 0 spiro atoms. The van der Waals surface area contributed by atoms with E-state index in [1.807, 2.05) is 0 Å². The first-order chi connectivity index (χ1) is 9.89. The van der Waals surface area contributed by atoms with Crippen LogP contribution in [0.15, 0.2) is 28.9 Å². The maximum Gasteiger partial charge on any atom is 0.134 e. The highest BCUT2D eigenvalue weighted by molar-refractivity contribution is 7.92. The summed E-state index contributed by atoms with van der Waals surface area (Å²) in [5, 5.41) is 29.4. The summed E-state index contributed by atoms with van der Waals surface area (Å²) >= 11 is 0. The third-order valence-corrected chi connectivity index (χ3v) is 6.05. The van der Waals surface area contributed by atoms with Crippen molar-refractivity contribution in [2.75, 3.05) is 12.8 Å². The van der Waals surface area contributed by atoms with Crippen LogP contribution in [0, 0.1) is 0 Å². The van der Waals surface area contributed by atoms with Crippen LogP contribution < -0.4 is 0 Å². The molecule has 1 aliphatic rings. The molecule has 120 valence electrons. The van der Waals surface area contributed by atoms with Crippen molar-refractivity contribution in [3.8, 4) is 0 Å². The average molecular weight is 318 g/mol. The second-order valence-corrected chi connectivity index (χ2v) is 7.59. The van der Waals surface area contributed by atoms with Crippen molar-refractivity contribution in [3.63, 3.8) is 0 Å². The number of aliphatic hydroxyl groups is 3. The van der Waals surface area contributed by atoms with E-state index in [0.29, 0.717) is 0 Å². The van der Waals surface area contributed by atoms with Crippen LogP contribution in [-0.2, 0) is 14.7 Å². The minimum Gasteiger partial charge on any atom is -0.388 e. The fourth-order valence-corrected chi connectivity index (χ4v) is 4.09. The first kappa shape index (κ1) is 16.4. The maximum atomic E-state index is 12.7. The van der Waals surface area contributed by atoms with E-state index in [4.69, 9.17) is 4.74 Å². The Hall–Kier alpha value is -0.930. The molecule has 0 aromatic carbocycles. The molecule has 1 aliphatic heterocycles. The van der Waals surface area contributed by atoms with E-state index >= 15 is 0 Å². The Labute approximate surface area is 124 Å². The molecule has 1 saturated heterocycles. The van der Waals surface area contributed by atoms with E-state index in [9.17, 15) is 19.5 Å². The lowest BCUT2D eigenvalue weighted by Gasteiger charge is -2.39. The van der Waals surface area contributed by atoms with E-state index in [1.165, 1.54) is 11.0 Å². The lowest BCUT2D eigenvalue weighted by Crippen LogP contribution is -2.56. The highest BCUT2D eigenvalue weighted by atomic mass is 32.2. The average Bonchev–Trinajstić information content (AvgIpc) is 3.02. The number of aliphatic hydroxyl groups excluding tert-OH is 3. The smallest absolute Gasteiger partial charge is 0.134 e. The van der Waals surface area contributed by atoms with Gasteiger partial charge in [0, 0.05) is 19.4 Å². The van der Waals surface area contributed by atoms with Gasteiger partial charge in [0.2, 0.25) is 0 Å². The number of hydrogen-bond donors (Lipinski definition) is 3. The quantitative estimate of drug-likeness (QED) is 0.701. The number of ether oxygens (including phenoxy) is 1. The van der Waals surface area contributed by atoms with E-state index in [0.717, 1.165) is 0 Å². The number of hydrogen-bond acceptors (Lipinski definition) is 6. The Morgan fingerprint density at radius 3 is 2.38 bits per heavy atom. The number of aromatic nitrogens is 1. The summed E-state index contributed by atoms with van der Waals surface area (Å²) in [6, 6.07) is 3.53. The number of nitrogens with zero attached hydrogens (tertiary/aromatic N) is 2. The molecule has 8 heteroatoms. The molecule has 2 heterocycles. The van der Waals surface area contributed by atoms with Crippen molar-refractivity contribution in [2.45, 2.75) is 43.9 Å². The van der Waals surface area contributed by atoms with Gasteiger partial charge in [-0.2, -0.15) is 0 Å². The third-order valence-electron chi connectivity index (χ3n) is 3.81. The molecule has 2 unspecified atom stereocenters. The Morgan fingerprint density at radius 1 is 1.19 bits per heavy atom. The molecule has 0 bridgehead atoms. The molecule has 1 fully saturated rings. The van der Waals surface area contributed by atoms with Gasteiger partial charge in [0.1, 0.15) is 28.2 Å². The van der Waals surface area contributed by atoms with Crippen LogP contribution in [0.25, 0.3) is 0 Å². The predicted octanol–water partition coefficient (Wildman–Crippen LogP) is -0.391. The van der Waals surface area contributed by atoms with Gasteiger partial charge in [0.05, 0.1) is 18.0 Å². The van der Waals surface area contributed by atoms with Crippen LogP contribution in [0.1, 0.15) is 13.3 Å². The topological polar surface area (TPSA) is 104 Å². The van der Waals surface area contributed by atoms with Crippen LogP contribution in [0.3, 0.4) is 0 Å². The van der Waals surface area contributed by atoms with Crippen LogP contribution in [0.5, 0.6) is 0 Å². The highest BCUT2D eigenvalue weighted by Crippen LogP contribution is 2.23. The van der Waals surface area contributed by atoms with Gasteiger partial charge in [-0.15, -0.1) is 0 Å². The van der Waals surface area contributed by atoms with E-state index < -0.39 is 40.4 Å². The fraction of sp³-hybridized carbons (Fsp3) is 0.692. The zero-order valence-corrected chi connectivity index (χ0v) is 12.9. The van der Waals surface area contributed by atoms with Crippen molar-refractivity contribution in [2.24, 2.45) is 4.36 Å². The molecule has 21 heavy (non-hydrogen) atoms. The first-order valence-electron chi connectivity index (χ1n) is 6.85. The monoisotopic (exact) mass is 318 g/mol. The summed E-state index contributed by atoms with van der Waals surface area (Å²) in [5.41, 5.74) is 0. The summed E-state index contributed by atoms with van der Waals surface area (Å²) in [6.45, 7) is 1.63. The molecule has 0 saturated carbocycles. The fourth-order valence-electron chi connectivity index (χ4n) is 2.44. The summed E-state index contributed by atoms with van der Waals surface area (Å²) in [6.07, 6.45) is -1.25. The number of rotatable bonds is 4. The van der Waals surface area contributed by atoms with Crippen molar-refractivity contribution >= 4 is 9.92 Å². The molecule has 2 rings (SSSR count). The molecule has 0 aliphatic carbocycles. The van der Waals surface area contributed by atoms with Gasteiger partial charge in [0.25, 0.3) is 0 Å². The van der Waals surface area contributed by atoms with Gasteiger partial charge < -0.3 is 20.1 Å². The lowest BCUT2D eigenvalue weighted by atomic mass is 9.94. The van der Waals surface area contributed by atoms with Gasteiger partial charge in [0.15, 0.2) is 0 Å². The standard InChI is InChI=1S/C13H22N2O5S/c1-9-11(16)13(18)12(17)10(20-9)5-8-21(19,14-2)15-6-3-4-7-15/h3-4,6-7,9-13,16-18H,5,8H2,1-2H3/t9?,10-,11-,12-,13-,21?/m1/s1. The van der Waals surface area contributed by atoms with Crippen LogP contribution in [-0.4, -0.2) is 66.8 Å². The van der Waals surface area contributed by atoms with Crippen molar-refractivity contribution in [1.29, 1.82) is 0 Å². The summed E-state index contributed by atoms with van der Waals surface area (Å²) in [4.78, 5) is 0. The van der Waals surface area contributed by atoms with Crippen LogP contribution in [0.2, 0.25) is 0 Å². The van der Waals surface area contributed by atoms with Gasteiger partial charge >= 0.3 is 0 Å². The second-order valence-electron chi connectivity index (χ2n) is 5.18. The Bertz CT molecular complexity index is 567. The largest absolute Gasteiger partial charge is 0.388 e. The van der Waals surface area contributed by atoms with E-state index in [2.05, 4.69) is 4.36 Å². The van der Waals surface area contributed by atoms with Crippen molar-refractivity contribution in [3.05, 3.63) is 24.5 Å². The molecule has 1 aromatic heterocycles. The van der Waals surface area contributed by atoms with Gasteiger partial charge in [-0.05, 0) is 25.5 Å². The summed E-state index contributed by atoms with van der Waals surface area (Å²) in [7, 11) is -1.14.